The standard InChI is InChI=1S/C22H23ClN4O3/c1-13-10-14(4-6-16(13)22(30)27-8-2-3-9-27)21(29)26-19(12-28)20-24-17-7-5-15(23)11-18(17)25-20/h4-7,10-11,19,28H,2-3,8-9,12H2,1H3,(H,24,25)(H,26,29). The Hall–Kier alpha value is -2.90. The van der Waals surface area contributed by atoms with Crippen molar-refractivity contribution in [3.63, 3.8) is 0 Å². The number of benzene rings is 2. The number of amides is 2. The van der Waals surface area contributed by atoms with E-state index in [-0.39, 0.29) is 18.4 Å². The van der Waals surface area contributed by atoms with Crippen LogP contribution in [0.15, 0.2) is 36.4 Å². The Morgan fingerprint density at radius 2 is 2.00 bits per heavy atom. The molecule has 2 heterocycles. The summed E-state index contributed by atoms with van der Waals surface area (Å²) >= 11 is 6.00. The molecule has 2 amide bonds. The number of hydrogen-bond donors (Lipinski definition) is 3. The van der Waals surface area contributed by atoms with E-state index in [9.17, 15) is 14.7 Å². The number of aryl methyl sites for hydroxylation is 1. The summed E-state index contributed by atoms with van der Waals surface area (Å²) in [5.41, 5.74) is 3.21. The van der Waals surface area contributed by atoms with Gasteiger partial charge in [-0.2, -0.15) is 0 Å². The normalized spacial score (nSPS) is 14.8. The number of rotatable bonds is 5. The maximum Gasteiger partial charge on any atom is 0.254 e. The highest BCUT2D eigenvalue weighted by atomic mass is 35.5. The number of likely N-dealkylation sites (tertiary alicyclic amines) is 1. The minimum Gasteiger partial charge on any atom is -0.394 e. The van der Waals surface area contributed by atoms with Crippen molar-refractivity contribution >= 4 is 34.4 Å². The number of H-pyrrole nitrogens is 1. The van der Waals surface area contributed by atoms with Crippen LogP contribution < -0.4 is 5.32 Å². The molecule has 0 aliphatic carbocycles. The van der Waals surface area contributed by atoms with Gasteiger partial charge in [-0.15, -0.1) is 0 Å². The fourth-order valence-corrected chi connectivity index (χ4v) is 3.91. The molecule has 7 nitrogen and oxygen atoms in total. The maximum atomic E-state index is 12.8. The lowest BCUT2D eigenvalue weighted by Crippen LogP contribution is -2.32. The van der Waals surface area contributed by atoms with E-state index in [1.54, 1.807) is 36.4 Å². The van der Waals surface area contributed by atoms with Crippen LogP contribution in [0.3, 0.4) is 0 Å². The Morgan fingerprint density at radius 3 is 2.70 bits per heavy atom. The number of aromatic nitrogens is 2. The summed E-state index contributed by atoms with van der Waals surface area (Å²) in [6.07, 6.45) is 2.06. The zero-order valence-electron chi connectivity index (χ0n) is 16.6. The molecule has 0 radical (unpaired) electrons. The Balaban J connectivity index is 1.51. The van der Waals surface area contributed by atoms with Gasteiger partial charge in [0, 0.05) is 29.2 Å². The van der Waals surface area contributed by atoms with Gasteiger partial charge in [-0.3, -0.25) is 9.59 Å². The summed E-state index contributed by atoms with van der Waals surface area (Å²) in [7, 11) is 0. The molecule has 1 aliphatic heterocycles. The third-order valence-electron chi connectivity index (χ3n) is 5.39. The van der Waals surface area contributed by atoms with Crippen LogP contribution in [0.4, 0.5) is 0 Å². The molecule has 0 spiro atoms. The third-order valence-corrected chi connectivity index (χ3v) is 5.63. The highest BCUT2D eigenvalue weighted by Crippen LogP contribution is 2.21. The number of nitrogens with zero attached hydrogens (tertiary/aromatic N) is 2. The molecule has 156 valence electrons. The predicted octanol–water partition coefficient (Wildman–Crippen LogP) is 3.22. The lowest BCUT2D eigenvalue weighted by atomic mass is 10.0. The van der Waals surface area contributed by atoms with E-state index in [2.05, 4.69) is 15.3 Å². The van der Waals surface area contributed by atoms with Crippen molar-refractivity contribution in [1.82, 2.24) is 20.2 Å². The Kier molecular flexibility index (Phi) is 5.74. The average Bonchev–Trinajstić information content (AvgIpc) is 3.40. The molecule has 1 aromatic heterocycles. The summed E-state index contributed by atoms with van der Waals surface area (Å²) in [5, 5.41) is 13.2. The molecule has 4 rings (SSSR count). The number of hydrogen-bond acceptors (Lipinski definition) is 4. The quantitative estimate of drug-likeness (QED) is 0.583. The van der Waals surface area contributed by atoms with E-state index in [4.69, 9.17) is 11.6 Å². The van der Waals surface area contributed by atoms with Crippen LogP contribution >= 0.6 is 11.6 Å². The first-order chi connectivity index (χ1) is 14.5. The van der Waals surface area contributed by atoms with Gasteiger partial charge in [-0.05, 0) is 61.7 Å². The summed E-state index contributed by atoms with van der Waals surface area (Å²) in [6.45, 7) is 3.07. The van der Waals surface area contributed by atoms with E-state index in [1.807, 2.05) is 11.8 Å². The van der Waals surface area contributed by atoms with Crippen LogP contribution in [0.2, 0.25) is 5.02 Å². The monoisotopic (exact) mass is 426 g/mol. The van der Waals surface area contributed by atoms with Crippen molar-refractivity contribution < 1.29 is 14.7 Å². The van der Waals surface area contributed by atoms with Crippen molar-refractivity contribution in [2.24, 2.45) is 0 Å². The Bertz CT molecular complexity index is 1100. The lowest BCUT2D eigenvalue weighted by molar-refractivity contribution is 0.0791. The van der Waals surface area contributed by atoms with Gasteiger partial charge in [-0.1, -0.05) is 11.6 Å². The second kappa shape index (κ2) is 8.45. The van der Waals surface area contributed by atoms with Gasteiger partial charge >= 0.3 is 0 Å². The van der Waals surface area contributed by atoms with E-state index < -0.39 is 6.04 Å². The molecular formula is C22H23ClN4O3. The minimum absolute atomic E-state index is 0.00568. The second-order valence-electron chi connectivity index (χ2n) is 7.52. The van der Waals surface area contributed by atoms with Crippen LogP contribution in [-0.4, -0.2) is 51.5 Å². The van der Waals surface area contributed by atoms with Gasteiger partial charge in [0.1, 0.15) is 11.9 Å². The third kappa shape index (κ3) is 4.04. The number of fused-ring (bicyclic) bond motifs is 1. The molecule has 1 atom stereocenters. The molecule has 1 saturated heterocycles. The van der Waals surface area contributed by atoms with Gasteiger partial charge in [0.15, 0.2) is 0 Å². The number of carbonyl (C=O) groups excluding carboxylic acids is 2. The van der Waals surface area contributed by atoms with E-state index >= 15 is 0 Å². The van der Waals surface area contributed by atoms with Crippen LogP contribution in [0.5, 0.6) is 0 Å². The number of aromatic amines is 1. The van der Waals surface area contributed by atoms with Crippen molar-refractivity contribution in [2.75, 3.05) is 19.7 Å². The number of carbonyl (C=O) groups is 2. The summed E-state index contributed by atoms with van der Waals surface area (Å²) in [6, 6.07) is 9.59. The number of aliphatic hydroxyl groups excluding tert-OH is 1. The van der Waals surface area contributed by atoms with Gasteiger partial charge < -0.3 is 20.3 Å². The zero-order valence-corrected chi connectivity index (χ0v) is 17.4. The second-order valence-corrected chi connectivity index (χ2v) is 7.96. The van der Waals surface area contributed by atoms with Crippen LogP contribution in [0.1, 0.15) is 51.0 Å². The topological polar surface area (TPSA) is 98.3 Å². The summed E-state index contributed by atoms with van der Waals surface area (Å²) < 4.78 is 0. The average molecular weight is 427 g/mol. The predicted molar refractivity (Wildman–Crippen MR) is 115 cm³/mol. The molecule has 2 aromatic carbocycles. The summed E-state index contributed by atoms with van der Waals surface area (Å²) in [5.74, 6) is 0.0996. The molecule has 0 bridgehead atoms. The zero-order chi connectivity index (χ0) is 21.3. The van der Waals surface area contributed by atoms with Crippen LogP contribution in [-0.2, 0) is 0 Å². The van der Waals surface area contributed by atoms with Gasteiger partial charge in [0.25, 0.3) is 11.8 Å². The van der Waals surface area contributed by atoms with Crippen LogP contribution in [0.25, 0.3) is 11.0 Å². The van der Waals surface area contributed by atoms with E-state index in [0.29, 0.717) is 27.5 Å². The lowest BCUT2D eigenvalue weighted by Gasteiger charge is -2.18. The molecule has 1 aliphatic rings. The number of imidazole rings is 1. The van der Waals surface area contributed by atoms with Gasteiger partial charge in [0.05, 0.1) is 17.6 Å². The smallest absolute Gasteiger partial charge is 0.254 e. The molecule has 1 unspecified atom stereocenters. The largest absolute Gasteiger partial charge is 0.394 e. The van der Waals surface area contributed by atoms with Crippen LogP contribution in [0, 0.1) is 6.92 Å². The van der Waals surface area contributed by atoms with Gasteiger partial charge in [-0.25, -0.2) is 4.98 Å². The van der Waals surface area contributed by atoms with Gasteiger partial charge in [0.2, 0.25) is 0 Å². The number of halogens is 1. The van der Waals surface area contributed by atoms with Crippen molar-refractivity contribution in [2.45, 2.75) is 25.8 Å². The maximum absolute atomic E-state index is 12.8. The Labute approximate surface area is 179 Å². The molecule has 3 aromatic rings. The fraction of sp³-hybridized carbons (Fsp3) is 0.318. The molecule has 8 heteroatoms. The van der Waals surface area contributed by atoms with Crippen molar-refractivity contribution in [3.8, 4) is 0 Å². The van der Waals surface area contributed by atoms with Crippen molar-refractivity contribution in [1.29, 1.82) is 0 Å². The first-order valence-corrected chi connectivity index (χ1v) is 10.3. The first-order valence-electron chi connectivity index (χ1n) is 9.93. The SMILES string of the molecule is Cc1cc(C(=O)NC(CO)c2nc3cc(Cl)ccc3[nH]2)ccc1C(=O)N1CCCC1. The highest BCUT2D eigenvalue weighted by Gasteiger charge is 2.23. The number of nitrogens with one attached hydrogen (secondary N) is 2. The van der Waals surface area contributed by atoms with Crippen molar-refractivity contribution in [3.05, 3.63) is 63.9 Å². The highest BCUT2D eigenvalue weighted by molar-refractivity contribution is 6.31. The first kappa shape index (κ1) is 20.4. The molecule has 1 fully saturated rings. The summed E-state index contributed by atoms with van der Waals surface area (Å²) in [4.78, 5) is 34.8. The van der Waals surface area contributed by atoms with E-state index in [1.165, 1.54) is 0 Å². The fourth-order valence-electron chi connectivity index (χ4n) is 3.74. The number of aliphatic hydroxyl groups is 1. The molecular weight excluding hydrogens is 404 g/mol. The molecule has 30 heavy (non-hydrogen) atoms. The molecule has 3 N–H and O–H groups in total. The van der Waals surface area contributed by atoms with E-state index in [0.717, 1.165) is 37.0 Å². The molecule has 0 saturated carbocycles. The minimum atomic E-state index is -0.699. The Morgan fingerprint density at radius 1 is 1.23 bits per heavy atom.